The summed E-state index contributed by atoms with van der Waals surface area (Å²) in [6.45, 7) is 1.36. The predicted molar refractivity (Wildman–Crippen MR) is 68.8 cm³/mol. The summed E-state index contributed by atoms with van der Waals surface area (Å²) in [5, 5.41) is 13.9. The van der Waals surface area contributed by atoms with Crippen LogP contribution in [0.5, 0.6) is 11.8 Å². The Morgan fingerprint density at radius 1 is 1.26 bits per heavy atom. The van der Waals surface area contributed by atoms with E-state index in [0.717, 1.165) is 6.54 Å². The summed E-state index contributed by atoms with van der Waals surface area (Å²) in [5.74, 6) is -0.0467. The van der Waals surface area contributed by atoms with Crippen molar-refractivity contribution >= 4 is 11.6 Å². The summed E-state index contributed by atoms with van der Waals surface area (Å²) in [5.41, 5.74) is -0.386. The Hall–Kier alpha value is -2.16. The molecule has 0 spiro atoms. The maximum absolute atomic E-state index is 10.9. The molecule has 1 rings (SSSR count). The van der Waals surface area contributed by atoms with Gasteiger partial charge in [-0.1, -0.05) is 0 Å². The molecule has 0 fully saturated rings. The third-order valence-electron chi connectivity index (χ3n) is 2.23. The van der Waals surface area contributed by atoms with Crippen LogP contribution in [-0.2, 0) is 0 Å². The second-order valence-electron chi connectivity index (χ2n) is 3.90. The molecule has 0 saturated heterocycles. The standard InChI is InChI=1S/C10H17N5O4/c1-14(2)6-5-11-10-12-8(18-3)7(15(16)17)9(13-10)19-4/h5-6H2,1-4H3,(H,11,12,13). The van der Waals surface area contributed by atoms with Crippen molar-refractivity contribution in [2.24, 2.45) is 0 Å². The number of nitro groups is 1. The van der Waals surface area contributed by atoms with Crippen LogP contribution < -0.4 is 14.8 Å². The van der Waals surface area contributed by atoms with Gasteiger partial charge in [0.1, 0.15) is 0 Å². The lowest BCUT2D eigenvalue weighted by molar-refractivity contribution is -0.387. The Morgan fingerprint density at radius 3 is 2.16 bits per heavy atom. The van der Waals surface area contributed by atoms with Crippen LogP contribution in [0.4, 0.5) is 11.6 Å². The summed E-state index contributed by atoms with van der Waals surface area (Å²) in [6.07, 6.45) is 0. The lowest BCUT2D eigenvalue weighted by Gasteiger charge is -2.11. The molecule has 9 nitrogen and oxygen atoms in total. The number of rotatable bonds is 7. The van der Waals surface area contributed by atoms with Crippen molar-refractivity contribution in [2.75, 3.05) is 46.7 Å². The molecule has 0 aliphatic rings. The first-order valence-corrected chi connectivity index (χ1v) is 5.52. The van der Waals surface area contributed by atoms with E-state index in [1.807, 2.05) is 19.0 Å². The topological polar surface area (TPSA) is 103 Å². The second-order valence-corrected chi connectivity index (χ2v) is 3.90. The maximum Gasteiger partial charge on any atom is 0.392 e. The molecule has 19 heavy (non-hydrogen) atoms. The van der Waals surface area contributed by atoms with Crippen LogP contribution >= 0.6 is 0 Å². The monoisotopic (exact) mass is 271 g/mol. The summed E-state index contributed by atoms with van der Waals surface area (Å²) in [6, 6.07) is 0. The van der Waals surface area contributed by atoms with Gasteiger partial charge in [0, 0.05) is 13.1 Å². The second kappa shape index (κ2) is 6.69. The zero-order valence-corrected chi connectivity index (χ0v) is 11.3. The molecular formula is C10H17N5O4. The zero-order valence-electron chi connectivity index (χ0n) is 11.3. The highest BCUT2D eigenvalue weighted by Gasteiger charge is 2.26. The molecule has 1 aromatic heterocycles. The molecule has 1 N–H and O–H groups in total. The Morgan fingerprint density at radius 2 is 1.79 bits per heavy atom. The van der Waals surface area contributed by atoms with Crippen molar-refractivity contribution in [3.05, 3.63) is 10.1 Å². The summed E-state index contributed by atoms with van der Waals surface area (Å²) in [4.78, 5) is 20.1. The van der Waals surface area contributed by atoms with E-state index in [1.165, 1.54) is 14.2 Å². The number of aromatic nitrogens is 2. The van der Waals surface area contributed by atoms with Gasteiger partial charge in [-0.15, -0.1) is 0 Å². The molecule has 0 unspecified atom stereocenters. The molecule has 1 aromatic rings. The van der Waals surface area contributed by atoms with E-state index in [-0.39, 0.29) is 23.4 Å². The van der Waals surface area contributed by atoms with Gasteiger partial charge >= 0.3 is 17.4 Å². The predicted octanol–water partition coefficient (Wildman–Crippen LogP) is 0.375. The fourth-order valence-electron chi connectivity index (χ4n) is 1.33. The van der Waals surface area contributed by atoms with Gasteiger partial charge in [0.15, 0.2) is 0 Å². The van der Waals surface area contributed by atoms with E-state index in [4.69, 9.17) is 9.47 Å². The number of nitrogens with zero attached hydrogens (tertiary/aromatic N) is 4. The molecule has 9 heteroatoms. The summed E-state index contributed by atoms with van der Waals surface area (Å²) >= 11 is 0. The van der Waals surface area contributed by atoms with Gasteiger partial charge in [0.2, 0.25) is 5.95 Å². The van der Waals surface area contributed by atoms with Crippen LogP contribution in [0.3, 0.4) is 0 Å². The molecule has 0 aliphatic heterocycles. The van der Waals surface area contributed by atoms with Crippen LogP contribution in [0.25, 0.3) is 0 Å². The molecule has 1 heterocycles. The van der Waals surface area contributed by atoms with Crippen molar-refractivity contribution in [1.29, 1.82) is 0 Å². The average Bonchev–Trinajstić information content (AvgIpc) is 2.36. The van der Waals surface area contributed by atoms with Crippen molar-refractivity contribution < 1.29 is 14.4 Å². The summed E-state index contributed by atoms with van der Waals surface area (Å²) < 4.78 is 9.79. The van der Waals surface area contributed by atoms with E-state index in [9.17, 15) is 10.1 Å². The molecule has 0 radical (unpaired) electrons. The smallest absolute Gasteiger partial charge is 0.392 e. The zero-order chi connectivity index (χ0) is 14.4. The van der Waals surface area contributed by atoms with Crippen LogP contribution in [-0.4, -0.2) is 61.2 Å². The Balaban J connectivity index is 2.99. The minimum Gasteiger partial charge on any atom is -0.476 e. The first kappa shape index (κ1) is 14.9. The third-order valence-corrected chi connectivity index (χ3v) is 2.23. The molecule has 0 atom stereocenters. The first-order valence-electron chi connectivity index (χ1n) is 5.52. The van der Waals surface area contributed by atoms with Gasteiger partial charge in [0.25, 0.3) is 0 Å². The van der Waals surface area contributed by atoms with Crippen molar-refractivity contribution in [3.8, 4) is 11.8 Å². The highest BCUT2D eigenvalue weighted by Crippen LogP contribution is 2.34. The van der Waals surface area contributed by atoms with E-state index in [0.29, 0.717) is 6.54 Å². The molecule has 0 saturated carbocycles. The number of likely N-dealkylation sites (N-methyl/N-ethyl adjacent to an activating group) is 1. The number of ether oxygens (including phenoxy) is 2. The van der Waals surface area contributed by atoms with Gasteiger partial charge in [-0.3, -0.25) is 10.1 Å². The highest BCUT2D eigenvalue weighted by atomic mass is 16.6. The number of nitrogens with one attached hydrogen (secondary N) is 1. The quantitative estimate of drug-likeness (QED) is 0.560. The Labute approximate surface area is 110 Å². The van der Waals surface area contributed by atoms with Crippen LogP contribution in [0.2, 0.25) is 0 Å². The maximum atomic E-state index is 10.9. The largest absolute Gasteiger partial charge is 0.476 e. The molecule has 0 bridgehead atoms. The highest BCUT2D eigenvalue weighted by molar-refractivity contribution is 5.53. The van der Waals surface area contributed by atoms with Gasteiger partial charge in [-0.05, 0) is 14.1 Å². The van der Waals surface area contributed by atoms with Crippen molar-refractivity contribution in [3.63, 3.8) is 0 Å². The van der Waals surface area contributed by atoms with Crippen LogP contribution in [0, 0.1) is 10.1 Å². The molecule has 106 valence electrons. The molecule has 0 aliphatic carbocycles. The normalized spacial score (nSPS) is 10.4. The molecule has 0 amide bonds. The fraction of sp³-hybridized carbons (Fsp3) is 0.600. The molecule has 0 aromatic carbocycles. The molecular weight excluding hydrogens is 254 g/mol. The minimum atomic E-state index is -0.638. The Bertz CT molecular complexity index is 427. The average molecular weight is 271 g/mol. The van der Waals surface area contributed by atoms with Crippen molar-refractivity contribution in [2.45, 2.75) is 0 Å². The third kappa shape index (κ3) is 3.91. The summed E-state index contributed by atoms with van der Waals surface area (Å²) in [7, 11) is 6.47. The van der Waals surface area contributed by atoms with Gasteiger partial charge in [-0.2, -0.15) is 9.97 Å². The van der Waals surface area contributed by atoms with Crippen LogP contribution in [0.15, 0.2) is 0 Å². The number of anilines is 1. The number of hydrogen-bond acceptors (Lipinski definition) is 8. The SMILES string of the molecule is COc1nc(NCCN(C)C)nc(OC)c1[N+](=O)[O-]. The fourth-order valence-corrected chi connectivity index (χ4v) is 1.33. The van der Waals surface area contributed by atoms with Gasteiger partial charge in [0.05, 0.1) is 19.1 Å². The number of hydrogen-bond donors (Lipinski definition) is 1. The van der Waals surface area contributed by atoms with E-state index in [2.05, 4.69) is 15.3 Å². The van der Waals surface area contributed by atoms with Gasteiger partial charge < -0.3 is 19.7 Å². The van der Waals surface area contributed by atoms with E-state index < -0.39 is 4.92 Å². The Kier molecular flexibility index (Phi) is 5.24. The van der Waals surface area contributed by atoms with Crippen molar-refractivity contribution in [1.82, 2.24) is 14.9 Å². The van der Waals surface area contributed by atoms with E-state index in [1.54, 1.807) is 0 Å². The lowest BCUT2D eigenvalue weighted by Crippen LogP contribution is -2.21. The van der Waals surface area contributed by atoms with E-state index >= 15 is 0 Å². The minimum absolute atomic E-state index is 0.135. The number of methoxy groups -OCH3 is 2. The van der Waals surface area contributed by atoms with Gasteiger partial charge in [-0.25, -0.2) is 0 Å². The first-order chi connectivity index (χ1) is 8.99. The lowest BCUT2D eigenvalue weighted by atomic mass is 10.5. The van der Waals surface area contributed by atoms with Crippen LogP contribution in [0.1, 0.15) is 0 Å².